The first kappa shape index (κ1) is 25.1. The molecule has 0 radical (unpaired) electrons. The molecule has 0 bridgehead atoms. The van der Waals surface area contributed by atoms with Crippen molar-refractivity contribution in [3.63, 3.8) is 0 Å². The van der Waals surface area contributed by atoms with Gasteiger partial charge >= 0.3 is 12.1 Å². The molecule has 0 aliphatic heterocycles. The van der Waals surface area contributed by atoms with E-state index in [0.717, 1.165) is 22.3 Å². The summed E-state index contributed by atoms with van der Waals surface area (Å²) in [5.41, 5.74) is 3.34. The molecule has 1 unspecified atom stereocenters. The van der Waals surface area contributed by atoms with Crippen LogP contribution in [0.3, 0.4) is 0 Å². The molecule has 1 aliphatic carbocycles. The van der Waals surface area contributed by atoms with E-state index in [9.17, 15) is 23.2 Å². The lowest BCUT2D eigenvalue weighted by Gasteiger charge is -2.31. The third-order valence-electron chi connectivity index (χ3n) is 5.76. The fraction of sp³-hybridized carbons (Fsp3) is 0.400. The van der Waals surface area contributed by atoms with Crippen molar-refractivity contribution in [1.29, 1.82) is 0 Å². The van der Waals surface area contributed by atoms with Crippen molar-refractivity contribution in [2.45, 2.75) is 51.6 Å². The number of hydrogen-bond acceptors (Lipinski definition) is 4. The van der Waals surface area contributed by atoms with Crippen molar-refractivity contribution in [2.24, 2.45) is 5.41 Å². The lowest BCUT2D eigenvalue weighted by molar-refractivity contribution is -0.143. The van der Waals surface area contributed by atoms with Gasteiger partial charge in [0.05, 0.1) is 0 Å². The average Bonchev–Trinajstić information content (AvgIpc) is 3.08. The quantitative estimate of drug-likeness (QED) is 0.533. The van der Waals surface area contributed by atoms with Crippen LogP contribution in [-0.4, -0.2) is 48.2 Å². The van der Waals surface area contributed by atoms with Gasteiger partial charge in [-0.3, -0.25) is 4.79 Å². The van der Waals surface area contributed by atoms with Crippen molar-refractivity contribution in [2.75, 3.05) is 6.61 Å². The Labute approximate surface area is 196 Å². The van der Waals surface area contributed by atoms with E-state index in [1.54, 1.807) is 20.8 Å². The standard InChI is InChI=1S/C25H28F2N2O5/c1-25(2,3)21(22(30)28-19(23(31)32)12-20(26)27)29-24(33)34-13-18-16-10-6-4-8-14(16)15-9-5-7-11-17(15)18/h4-11,18-21H,12-13H2,1-3H3,(H,28,30)(H,29,33)(H,31,32)/t19?,21-/m0/s1. The lowest BCUT2D eigenvalue weighted by atomic mass is 9.86. The molecular formula is C25H28F2N2O5. The second kappa shape index (κ2) is 10.2. The number of benzene rings is 2. The zero-order valence-electron chi connectivity index (χ0n) is 19.2. The van der Waals surface area contributed by atoms with E-state index in [1.165, 1.54) is 0 Å². The van der Waals surface area contributed by atoms with Crippen LogP contribution < -0.4 is 10.6 Å². The molecule has 3 rings (SSSR count). The Balaban J connectivity index is 1.69. The number of alkyl carbamates (subject to hydrolysis) is 1. The molecule has 2 aromatic carbocycles. The van der Waals surface area contributed by atoms with Gasteiger partial charge in [0.2, 0.25) is 12.3 Å². The molecule has 3 N–H and O–H groups in total. The summed E-state index contributed by atoms with van der Waals surface area (Å²) in [6.07, 6.45) is -4.81. The Hall–Kier alpha value is -3.49. The first-order valence-corrected chi connectivity index (χ1v) is 10.9. The molecule has 2 amide bonds. The minimum absolute atomic E-state index is 0.0292. The molecule has 2 atom stereocenters. The third kappa shape index (κ3) is 5.70. The van der Waals surface area contributed by atoms with Crippen LogP contribution in [0.4, 0.5) is 13.6 Å². The molecule has 2 aromatic rings. The maximum Gasteiger partial charge on any atom is 0.407 e. The number of amides is 2. The van der Waals surface area contributed by atoms with E-state index in [-0.39, 0.29) is 12.5 Å². The predicted molar refractivity (Wildman–Crippen MR) is 122 cm³/mol. The van der Waals surface area contributed by atoms with Crippen molar-refractivity contribution >= 4 is 18.0 Å². The summed E-state index contributed by atoms with van der Waals surface area (Å²) in [6.45, 7) is 5.00. The van der Waals surface area contributed by atoms with E-state index >= 15 is 0 Å². The van der Waals surface area contributed by atoms with E-state index < -0.39 is 48.3 Å². The van der Waals surface area contributed by atoms with Gasteiger partial charge in [0.1, 0.15) is 18.7 Å². The second-order valence-electron chi connectivity index (χ2n) is 9.30. The Bertz CT molecular complexity index is 1020. The SMILES string of the molecule is CC(C)(C)[C@@H](NC(=O)OCC1c2ccccc2-c2ccccc21)C(=O)NC(CC(F)F)C(=O)O. The fourth-order valence-electron chi connectivity index (χ4n) is 4.09. The number of halogens is 2. The number of aliphatic carboxylic acids is 1. The summed E-state index contributed by atoms with van der Waals surface area (Å²) in [5, 5.41) is 13.7. The van der Waals surface area contributed by atoms with E-state index in [0.29, 0.717) is 0 Å². The van der Waals surface area contributed by atoms with E-state index in [4.69, 9.17) is 9.84 Å². The van der Waals surface area contributed by atoms with Crippen LogP contribution in [0.25, 0.3) is 11.1 Å². The van der Waals surface area contributed by atoms with Crippen molar-refractivity contribution in [3.05, 3.63) is 59.7 Å². The summed E-state index contributed by atoms with van der Waals surface area (Å²) in [4.78, 5) is 36.6. The topological polar surface area (TPSA) is 105 Å². The Morgan fingerprint density at radius 2 is 1.50 bits per heavy atom. The van der Waals surface area contributed by atoms with Gasteiger partial charge in [0.15, 0.2) is 0 Å². The van der Waals surface area contributed by atoms with Crippen molar-refractivity contribution in [1.82, 2.24) is 10.6 Å². The van der Waals surface area contributed by atoms with E-state index in [2.05, 4.69) is 10.6 Å². The molecule has 0 spiro atoms. The lowest BCUT2D eigenvalue weighted by Crippen LogP contribution is -2.57. The molecule has 0 saturated heterocycles. The average molecular weight is 475 g/mol. The molecule has 1 aliphatic rings. The number of hydrogen-bond donors (Lipinski definition) is 3. The van der Waals surface area contributed by atoms with Gasteiger partial charge < -0.3 is 20.5 Å². The zero-order chi connectivity index (χ0) is 25.0. The summed E-state index contributed by atoms with van der Waals surface area (Å²) in [7, 11) is 0. The van der Waals surface area contributed by atoms with Crippen LogP contribution in [0.1, 0.15) is 44.2 Å². The molecule has 0 aromatic heterocycles. The van der Waals surface area contributed by atoms with Crippen LogP contribution in [0.5, 0.6) is 0 Å². The minimum atomic E-state index is -2.91. The third-order valence-corrected chi connectivity index (χ3v) is 5.76. The molecule has 7 nitrogen and oxygen atoms in total. The number of fused-ring (bicyclic) bond motifs is 3. The Kier molecular flexibility index (Phi) is 7.54. The van der Waals surface area contributed by atoms with Crippen LogP contribution in [0.15, 0.2) is 48.5 Å². The normalized spacial score (nSPS) is 14.6. The zero-order valence-corrected chi connectivity index (χ0v) is 19.2. The first-order chi connectivity index (χ1) is 16.0. The largest absolute Gasteiger partial charge is 0.480 e. The van der Waals surface area contributed by atoms with Crippen LogP contribution in [0, 0.1) is 5.41 Å². The molecule has 0 saturated carbocycles. The number of alkyl halides is 2. The summed E-state index contributed by atoms with van der Waals surface area (Å²) >= 11 is 0. The maximum absolute atomic E-state index is 12.7. The van der Waals surface area contributed by atoms with Gasteiger partial charge in [-0.25, -0.2) is 18.4 Å². The number of carboxylic acids is 1. The van der Waals surface area contributed by atoms with Gasteiger partial charge in [-0.05, 0) is 27.7 Å². The van der Waals surface area contributed by atoms with Crippen LogP contribution in [-0.2, 0) is 14.3 Å². The van der Waals surface area contributed by atoms with Crippen molar-refractivity contribution < 1.29 is 33.0 Å². The highest BCUT2D eigenvalue weighted by atomic mass is 19.3. The molecule has 182 valence electrons. The monoisotopic (exact) mass is 474 g/mol. The number of carboxylic acid groups (broad SMARTS) is 1. The summed E-state index contributed by atoms with van der Waals surface area (Å²) in [6, 6.07) is 12.7. The van der Waals surface area contributed by atoms with E-state index in [1.807, 2.05) is 48.5 Å². The predicted octanol–water partition coefficient (Wildman–Crippen LogP) is 4.16. The highest BCUT2D eigenvalue weighted by molar-refractivity contribution is 5.90. The highest BCUT2D eigenvalue weighted by Crippen LogP contribution is 2.44. The van der Waals surface area contributed by atoms with Gasteiger partial charge in [-0.1, -0.05) is 69.3 Å². The van der Waals surface area contributed by atoms with Gasteiger partial charge in [0, 0.05) is 12.3 Å². The molecule has 0 heterocycles. The molecule has 34 heavy (non-hydrogen) atoms. The molecular weight excluding hydrogens is 446 g/mol. The number of ether oxygens (including phenoxy) is 1. The number of carbonyl (C=O) groups excluding carboxylic acids is 2. The van der Waals surface area contributed by atoms with Crippen LogP contribution >= 0.6 is 0 Å². The molecule has 0 fully saturated rings. The van der Waals surface area contributed by atoms with Gasteiger partial charge in [-0.15, -0.1) is 0 Å². The van der Waals surface area contributed by atoms with Gasteiger partial charge in [-0.2, -0.15) is 0 Å². The second-order valence-corrected chi connectivity index (χ2v) is 9.30. The summed E-state index contributed by atoms with van der Waals surface area (Å²) in [5.74, 6) is -2.64. The Morgan fingerprint density at radius 1 is 0.971 bits per heavy atom. The maximum atomic E-state index is 12.7. The highest BCUT2D eigenvalue weighted by Gasteiger charge is 2.36. The van der Waals surface area contributed by atoms with Gasteiger partial charge in [0.25, 0.3) is 0 Å². The van der Waals surface area contributed by atoms with Crippen LogP contribution in [0.2, 0.25) is 0 Å². The number of carbonyl (C=O) groups is 3. The van der Waals surface area contributed by atoms with Crippen molar-refractivity contribution in [3.8, 4) is 11.1 Å². The smallest absolute Gasteiger partial charge is 0.407 e. The summed E-state index contributed by atoms with van der Waals surface area (Å²) < 4.78 is 30.9. The fourth-order valence-corrected chi connectivity index (χ4v) is 4.09. The number of rotatable bonds is 8. The molecule has 9 heteroatoms. The Morgan fingerprint density at radius 3 is 1.97 bits per heavy atom. The minimum Gasteiger partial charge on any atom is -0.480 e. The number of nitrogens with one attached hydrogen (secondary N) is 2. The first-order valence-electron chi connectivity index (χ1n) is 10.9.